The van der Waals surface area contributed by atoms with Crippen LogP contribution in [0.2, 0.25) is 0 Å². The van der Waals surface area contributed by atoms with Crippen molar-refractivity contribution < 1.29 is 9.47 Å². The molecule has 2 N–H and O–H groups in total. The average Bonchev–Trinajstić information content (AvgIpc) is 2.37. The maximum absolute atomic E-state index is 6.03. The highest BCUT2D eigenvalue weighted by Gasteiger charge is 2.05. The van der Waals surface area contributed by atoms with E-state index in [1.54, 1.807) is 6.20 Å². The van der Waals surface area contributed by atoms with E-state index in [0.717, 1.165) is 10.9 Å². The van der Waals surface area contributed by atoms with Crippen LogP contribution in [0.3, 0.4) is 0 Å². The van der Waals surface area contributed by atoms with Crippen LogP contribution in [-0.4, -0.2) is 24.8 Å². The molecule has 4 heteroatoms. The summed E-state index contributed by atoms with van der Waals surface area (Å²) in [4.78, 5) is 4.23. The number of fused-ring (bicyclic) bond motifs is 1. The van der Waals surface area contributed by atoms with Crippen LogP contribution in [0, 0.1) is 0 Å². The summed E-state index contributed by atoms with van der Waals surface area (Å²) in [6, 6.07) is 7.55. The minimum absolute atomic E-state index is 0.504. The molecule has 90 valence electrons. The summed E-state index contributed by atoms with van der Waals surface area (Å²) in [5.41, 5.74) is 7.54. The number of pyridine rings is 1. The molecule has 0 fully saturated rings. The second-order valence-electron chi connectivity index (χ2n) is 3.59. The highest BCUT2D eigenvalue weighted by atomic mass is 16.5. The SMILES string of the molecule is CCOCCOc1ccc2ncccc2c1N. The lowest BCUT2D eigenvalue weighted by Crippen LogP contribution is -2.07. The number of hydrogen-bond donors (Lipinski definition) is 1. The lowest BCUT2D eigenvalue weighted by molar-refractivity contribution is 0.110. The normalized spacial score (nSPS) is 10.6. The Morgan fingerprint density at radius 3 is 2.94 bits per heavy atom. The molecule has 1 heterocycles. The van der Waals surface area contributed by atoms with Gasteiger partial charge in [-0.3, -0.25) is 4.98 Å². The van der Waals surface area contributed by atoms with E-state index in [-0.39, 0.29) is 0 Å². The lowest BCUT2D eigenvalue weighted by atomic mass is 10.2. The van der Waals surface area contributed by atoms with Gasteiger partial charge in [0.05, 0.1) is 17.8 Å². The number of nitrogens with two attached hydrogens (primary N) is 1. The fraction of sp³-hybridized carbons (Fsp3) is 0.308. The van der Waals surface area contributed by atoms with E-state index in [2.05, 4.69) is 4.98 Å². The standard InChI is InChI=1S/C13H16N2O2/c1-2-16-8-9-17-12-6-5-11-10(13(12)14)4-3-7-15-11/h3-7H,2,8-9,14H2,1H3. The Labute approximate surface area is 100 Å². The van der Waals surface area contributed by atoms with Gasteiger partial charge in [-0.2, -0.15) is 0 Å². The number of nitrogen functional groups attached to an aromatic ring is 1. The van der Waals surface area contributed by atoms with Crippen molar-refractivity contribution in [2.75, 3.05) is 25.6 Å². The first kappa shape index (κ1) is 11.7. The molecule has 0 aliphatic carbocycles. The third-order valence-electron chi connectivity index (χ3n) is 2.48. The van der Waals surface area contributed by atoms with Gasteiger partial charge in [0, 0.05) is 18.2 Å². The summed E-state index contributed by atoms with van der Waals surface area (Å²) in [7, 11) is 0. The van der Waals surface area contributed by atoms with Gasteiger partial charge >= 0.3 is 0 Å². The van der Waals surface area contributed by atoms with Crippen LogP contribution in [0.1, 0.15) is 6.92 Å². The van der Waals surface area contributed by atoms with E-state index in [1.807, 2.05) is 31.2 Å². The van der Waals surface area contributed by atoms with Crippen molar-refractivity contribution in [3.63, 3.8) is 0 Å². The topological polar surface area (TPSA) is 57.4 Å². The van der Waals surface area contributed by atoms with Crippen molar-refractivity contribution in [3.8, 4) is 5.75 Å². The first-order chi connectivity index (χ1) is 8.33. The second-order valence-corrected chi connectivity index (χ2v) is 3.59. The van der Waals surface area contributed by atoms with Crippen molar-refractivity contribution in [3.05, 3.63) is 30.5 Å². The molecule has 0 unspecified atom stereocenters. The zero-order chi connectivity index (χ0) is 12.1. The van der Waals surface area contributed by atoms with Crippen LogP contribution in [0.5, 0.6) is 5.75 Å². The third kappa shape index (κ3) is 2.65. The van der Waals surface area contributed by atoms with E-state index >= 15 is 0 Å². The van der Waals surface area contributed by atoms with Crippen LogP contribution < -0.4 is 10.5 Å². The van der Waals surface area contributed by atoms with Crippen LogP contribution in [0.4, 0.5) is 5.69 Å². The van der Waals surface area contributed by atoms with E-state index < -0.39 is 0 Å². The van der Waals surface area contributed by atoms with Gasteiger partial charge in [0.25, 0.3) is 0 Å². The van der Waals surface area contributed by atoms with Gasteiger partial charge < -0.3 is 15.2 Å². The molecule has 0 saturated carbocycles. The molecule has 17 heavy (non-hydrogen) atoms. The smallest absolute Gasteiger partial charge is 0.143 e. The highest BCUT2D eigenvalue weighted by molar-refractivity contribution is 5.93. The fourth-order valence-corrected chi connectivity index (χ4v) is 1.64. The van der Waals surface area contributed by atoms with Gasteiger partial charge in [0.15, 0.2) is 0 Å². The molecule has 2 rings (SSSR count). The molecule has 0 bridgehead atoms. The summed E-state index contributed by atoms with van der Waals surface area (Å²) in [6.45, 7) is 3.72. The molecule has 2 aromatic rings. The van der Waals surface area contributed by atoms with Gasteiger partial charge in [0.1, 0.15) is 12.4 Å². The van der Waals surface area contributed by atoms with E-state index in [1.165, 1.54) is 0 Å². The summed E-state index contributed by atoms with van der Waals surface area (Å²) >= 11 is 0. The predicted octanol–water partition coefficient (Wildman–Crippen LogP) is 2.23. The fourth-order valence-electron chi connectivity index (χ4n) is 1.64. The number of benzene rings is 1. The Balaban J connectivity index is 2.15. The molecule has 0 amide bonds. The van der Waals surface area contributed by atoms with Crippen LogP contribution >= 0.6 is 0 Å². The molecular formula is C13H16N2O2. The molecule has 0 atom stereocenters. The molecule has 0 saturated heterocycles. The van der Waals surface area contributed by atoms with E-state index in [4.69, 9.17) is 15.2 Å². The van der Waals surface area contributed by atoms with Crippen molar-refractivity contribution in [1.82, 2.24) is 4.98 Å². The summed E-state index contributed by atoms with van der Waals surface area (Å²) < 4.78 is 10.8. The zero-order valence-corrected chi connectivity index (χ0v) is 9.85. The van der Waals surface area contributed by atoms with Crippen LogP contribution in [0.25, 0.3) is 10.9 Å². The molecule has 0 radical (unpaired) electrons. The molecule has 1 aromatic heterocycles. The molecule has 0 aliphatic rings. The van der Waals surface area contributed by atoms with Gasteiger partial charge in [-0.1, -0.05) is 0 Å². The maximum atomic E-state index is 6.03. The first-order valence-corrected chi connectivity index (χ1v) is 5.66. The van der Waals surface area contributed by atoms with Crippen molar-refractivity contribution >= 4 is 16.6 Å². The largest absolute Gasteiger partial charge is 0.489 e. The monoisotopic (exact) mass is 232 g/mol. The number of hydrogen-bond acceptors (Lipinski definition) is 4. The summed E-state index contributed by atoms with van der Waals surface area (Å²) in [5.74, 6) is 0.685. The average molecular weight is 232 g/mol. The highest BCUT2D eigenvalue weighted by Crippen LogP contribution is 2.29. The van der Waals surface area contributed by atoms with Gasteiger partial charge in [-0.25, -0.2) is 0 Å². The first-order valence-electron chi connectivity index (χ1n) is 5.66. The Bertz CT molecular complexity index is 500. The summed E-state index contributed by atoms with van der Waals surface area (Å²) in [5, 5.41) is 0.918. The van der Waals surface area contributed by atoms with E-state index in [0.29, 0.717) is 31.3 Å². The van der Waals surface area contributed by atoms with Gasteiger partial charge in [0.2, 0.25) is 0 Å². The molecule has 0 aliphatic heterocycles. The number of nitrogens with zero attached hydrogens (tertiary/aromatic N) is 1. The van der Waals surface area contributed by atoms with Crippen molar-refractivity contribution in [1.29, 1.82) is 0 Å². The Morgan fingerprint density at radius 1 is 1.24 bits per heavy atom. The van der Waals surface area contributed by atoms with Gasteiger partial charge in [-0.15, -0.1) is 0 Å². The molecule has 0 spiro atoms. The Morgan fingerprint density at radius 2 is 2.12 bits per heavy atom. The minimum Gasteiger partial charge on any atom is -0.489 e. The molecular weight excluding hydrogens is 216 g/mol. The van der Waals surface area contributed by atoms with Gasteiger partial charge in [-0.05, 0) is 31.2 Å². The third-order valence-corrected chi connectivity index (χ3v) is 2.48. The number of ether oxygens (including phenoxy) is 2. The minimum atomic E-state index is 0.504. The Hall–Kier alpha value is -1.81. The summed E-state index contributed by atoms with van der Waals surface area (Å²) in [6.07, 6.45) is 1.75. The second kappa shape index (κ2) is 5.50. The van der Waals surface area contributed by atoms with Crippen molar-refractivity contribution in [2.24, 2.45) is 0 Å². The van der Waals surface area contributed by atoms with Crippen LogP contribution in [0.15, 0.2) is 30.5 Å². The molecule has 4 nitrogen and oxygen atoms in total. The molecule has 1 aromatic carbocycles. The van der Waals surface area contributed by atoms with Crippen LogP contribution in [-0.2, 0) is 4.74 Å². The predicted molar refractivity (Wildman–Crippen MR) is 68.1 cm³/mol. The zero-order valence-electron chi connectivity index (χ0n) is 9.85. The Kier molecular flexibility index (Phi) is 3.77. The maximum Gasteiger partial charge on any atom is 0.143 e. The number of aromatic nitrogens is 1. The van der Waals surface area contributed by atoms with E-state index in [9.17, 15) is 0 Å². The number of rotatable bonds is 5. The number of anilines is 1. The quantitative estimate of drug-likeness (QED) is 0.634. The lowest BCUT2D eigenvalue weighted by Gasteiger charge is -2.10. The van der Waals surface area contributed by atoms with Crippen molar-refractivity contribution in [2.45, 2.75) is 6.92 Å².